The summed E-state index contributed by atoms with van der Waals surface area (Å²) in [6, 6.07) is 0.416. The summed E-state index contributed by atoms with van der Waals surface area (Å²) in [5, 5.41) is 3.51. The van der Waals surface area contributed by atoms with Crippen LogP contribution in [0.2, 0.25) is 0 Å². The summed E-state index contributed by atoms with van der Waals surface area (Å²) >= 11 is 0. The number of hydrogen-bond donors (Lipinski definition) is 1. The lowest BCUT2D eigenvalue weighted by molar-refractivity contribution is 0.0232. The molecule has 0 aromatic heterocycles. The van der Waals surface area contributed by atoms with Crippen LogP contribution in [0, 0.1) is 5.92 Å². The van der Waals surface area contributed by atoms with Gasteiger partial charge in [-0.2, -0.15) is 0 Å². The van der Waals surface area contributed by atoms with Crippen molar-refractivity contribution in [2.75, 3.05) is 19.6 Å². The van der Waals surface area contributed by atoms with Gasteiger partial charge in [0.2, 0.25) is 0 Å². The Bertz CT molecular complexity index is 304. The SMILES string of the molecule is CCC(CC)CNCCCN(C(=O)OC(C)(C)C)C1CC1. The molecule has 0 atom stereocenters. The van der Waals surface area contributed by atoms with Crippen molar-refractivity contribution < 1.29 is 9.53 Å². The van der Waals surface area contributed by atoms with E-state index in [1.807, 2.05) is 25.7 Å². The van der Waals surface area contributed by atoms with Crippen LogP contribution in [0.1, 0.15) is 66.7 Å². The molecule has 0 heterocycles. The third-order valence-corrected chi connectivity index (χ3v) is 3.96. The van der Waals surface area contributed by atoms with Crippen LogP contribution in [0.4, 0.5) is 4.79 Å². The summed E-state index contributed by atoms with van der Waals surface area (Å²) in [6.45, 7) is 13.1. The zero-order valence-corrected chi connectivity index (χ0v) is 14.6. The van der Waals surface area contributed by atoms with E-state index < -0.39 is 5.60 Å². The molecule has 1 saturated carbocycles. The Kier molecular flexibility index (Phi) is 7.50. The summed E-state index contributed by atoms with van der Waals surface area (Å²) in [6.07, 6.45) is 5.56. The normalized spacial score (nSPS) is 15.3. The van der Waals surface area contributed by atoms with Gasteiger partial charge in [0.05, 0.1) is 0 Å². The van der Waals surface area contributed by atoms with Gasteiger partial charge in [-0.15, -0.1) is 0 Å². The molecule has 1 fully saturated rings. The number of hydrogen-bond acceptors (Lipinski definition) is 3. The molecule has 1 rings (SSSR count). The number of rotatable bonds is 9. The van der Waals surface area contributed by atoms with Gasteiger partial charge in [0.25, 0.3) is 0 Å². The molecule has 21 heavy (non-hydrogen) atoms. The van der Waals surface area contributed by atoms with Gasteiger partial charge < -0.3 is 15.0 Å². The molecule has 0 saturated heterocycles. The number of carbonyl (C=O) groups excluding carboxylic acids is 1. The van der Waals surface area contributed by atoms with Gasteiger partial charge in [-0.1, -0.05) is 26.7 Å². The number of nitrogens with one attached hydrogen (secondary N) is 1. The molecule has 4 nitrogen and oxygen atoms in total. The molecule has 4 heteroatoms. The monoisotopic (exact) mass is 298 g/mol. The molecule has 0 aromatic rings. The van der Waals surface area contributed by atoms with Crippen LogP contribution >= 0.6 is 0 Å². The van der Waals surface area contributed by atoms with E-state index in [0.717, 1.165) is 44.8 Å². The van der Waals surface area contributed by atoms with Crippen molar-refractivity contribution >= 4 is 6.09 Å². The van der Waals surface area contributed by atoms with Gasteiger partial charge in [-0.3, -0.25) is 0 Å². The molecule has 1 aliphatic rings. The van der Waals surface area contributed by atoms with Gasteiger partial charge in [0.1, 0.15) is 5.60 Å². The van der Waals surface area contributed by atoms with Gasteiger partial charge in [0, 0.05) is 12.6 Å². The fourth-order valence-electron chi connectivity index (χ4n) is 2.39. The van der Waals surface area contributed by atoms with E-state index in [4.69, 9.17) is 4.74 Å². The van der Waals surface area contributed by atoms with Crippen LogP contribution in [0.25, 0.3) is 0 Å². The van der Waals surface area contributed by atoms with Crippen molar-refractivity contribution in [3.8, 4) is 0 Å². The van der Waals surface area contributed by atoms with Crippen LogP contribution in [-0.2, 0) is 4.74 Å². The maximum atomic E-state index is 12.2. The minimum atomic E-state index is -0.405. The first kappa shape index (κ1) is 18.3. The molecule has 0 spiro atoms. The van der Waals surface area contributed by atoms with E-state index in [9.17, 15) is 4.79 Å². The van der Waals surface area contributed by atoms with E-state index >= 15 is 0 Å². The van der Waals surface area contributed by atoms with Gasteiger partial charge >= 0.3 is 6.09 Å². The average Bonchev–Trinajstić information content (AvgIpc) is 3.20. The molecule has 1 N–H and O–H groups in total. The van der Waals surface area contributed by atoms with Crippen LogP contribution in [-0.4, -0.2) is 42.3 Å². The second-order valence-electron chi connectivity index (χ2n) is 7.15. The summed E-state index contributed by atoms with van der Waals surface area (Å²) in [5.41, 5.74) is -0.405. The van der Waals surface area contributed by atoms with Gasteiger partial charge in [-0.25, -0.2) is 4.79 Å². The third kappa shape index (κ3) is 7.70. The molecular formula is C17H34N2O2. The maximum absolute atomic E-state index is 12.2. The molecule has 1 amide bonds. The fraction of sp³-hybridized carbons (Fsp3) is 0.941. The van der Waals surface area contributed by atoms with Crippen LogP contribution in [0.3, 0.4) is 0 Å². The number of ether oxygens (including phenoxy) is 1. The molecule has 0 radical (unpaired) electrons. The van der Waals surface area contributed by atoms with Gasteiger partial charge in [0.15, 0.2) is 0 Å². The molecular weight excluding hydrogens is 264 g/mol. The highest BCUT2D eigenvalue weighted by atomic mass is 16.6. The van der Waals surface area contributed by atoms with E-state index in [-0.39, 0.29) is 6.09 Å². The Hall–Kier alpha value is -0.770. The minimum Gasteiger partial charge on any atom is -0.444 e. The second-order valence-corrected chi connectivity index (χ2v) is 7.15. The summed E-state index contributed by atoms with van der Waals surface area (Å²) in [7, 11) is 0. The topological polar surface area (TPSA) is 41.6 Å². The highest BCUT2D eigenvalue weighted by molar-refractivity contribution is 5.69. The lowest BCUT2D eigenvalue weighted by Gasteiger charge is -2.27. The van der Waals surface area contributed by atoms with Crippen molar-refractivity contribution in [2.45, 2.75) is 78.4 Å². The smallest absolute Gasteiger partial charge is 0.410 e. The van der Waals surface area contributed by atoms with Crippen LogP contribution in [0.15, 0.2) is 0 Å². The van der Waals surface area contributed by atoms with Crippen molar-refractivity contribution in [3.63, 3.8) is 0 Å². The summed E-state index contributed by atoms with van der Waals surface area (Å²) in [5.74, 6) is 0.774. The molecule has 0 aliphatic heterocycles. The lowest BCUT2D eigenvalue weighted by atomic mass is 10.0. The van der Waals surface area contributed by atoms with Crippen LogP contribution in [0.5, 0.6) is 0 Å². The Morgan fingerprint density at radius 1 is 1.29 bits per heavy atom. The Morgan fingerprint density at radius 3 is 2.38 bits per heavy atom. The quantitative estimate of drug-likeness (QED) is 0.658. The molecule has 0 aromatic carbocycles. The molecule has 0 unspecified atom stereocenters. The standard InChI is InChI=1S/C17H34N2O2/c1-6-14(7-2)13-18-11-8-12-19(15-9-10-15)16(20)21-17(3,4)5/h14-15,18H,6-13H2,1-5H3. The van der Waals surface area contributed by atoms with Crippen molar-refractivity contribution in [1.82, 2.24) is 10.2 Å². The Balaban J connectivity index is 2.24. The number of nitrogens with zero attached hydrogens (tertiary/aromatic N) is 1. The van der Waals surface area contributed by atoms with E-state index in [2.05, 4.69) is 19.2 Å². The zero-order valence-electron chi connectivity index (χ0n) is 14.6. The predicted molar refractivity (Wildman–Crippen MR) is 87.5 cm³/mol. The lowest BCUT2D eigenvalue weighted by Crippen LogP contribution is -2.39. The van der Waals surface area contributed by atoms with Crippen molar-refractivity contribution in [2.24, 2.45) is 5.92 Å². The maximum Gasteiger partial charge on any atom is 0.410 e. The first-order valence-electron chi connectivity index (χ1n) is 8.57. The molecule has 1 aliphatic carbocycles. The first-order chi connectivity index (χ1) is 9.87. The van der Waals surface area contributed by atoms with E-state index in [1.54, 1.807) is 0 Å². The summed E-state index contributed by atoms with van der Waals surface area (Å²) < 4.78 is 5.50. The minimum absolute atomic E-state index is 0.148. The number of carbonyl (C=O) groups is 1. The molecule has 0 bridgehead atoms. The van der Waals surface area contributed by atoms with E-state index in [0.29, 0.717) is 6.04 Å². The van der Waals surface area contributed by atoms with E-state index in [1.165, 1.54) is 12.8 Å². The molecule has 124 valence electrons. The third-order valence-electron chi connectivity index (χ3n) is 3.96. The average molecular weight is 298 g/mol. The fourth-order valence-corrected chi connectivity index (χ4v) is 2.39. The Morgan fingerprint density at radius 2 is 1.90 bits per heavy atom. The Labute approximate surface area is 130 Å². The zero-order chi connectivity index (χ0) is 15.9. The number of amides is 1. The van der Waals surface area contributed by atoms with Crippen molar-refractivity contribution in [3.05, 3.63) is 0 Å². The first-order valence-corrected chi connectivity index (χ1v) is 8.57. The predicted octanol–water partition coefficient (Wildman–Crippen LogP) is 3.80. The second kappa shape index (κ2) is 8.62. The summed E-state index contributed by atoms with van der Waals surface area (Å²) in [4.78, 5) is 14.1. The van der Waals surface area contributed by atoms with Crippen molar-refractivity contribution in [1.29, 1.82) is 0 Å². The largest absolute Gasteiger partial charge is 0.444 e. The highest BCUT2D eigenvalue weighted by Gasteiger charge is 2.34. The van der Waals surface area contributed by atoms with Gasteiger partial charge in [-0.05, 0) is 59.0 Å². The highest BCUT2D eigenvalue weighted by Crippen LogP contribution is 2.28. The van der Waals surface area contributed by atoms with Crippen LogP contribution < -0.4 is 5.32 Å².